The van der Waals surface area contributed by atoms with Crippen molar-refractivity contribution in [3.8, 4) is 0 Å². The zero-order chi connectivity index (χ0) is 43.2. The lowest BCUT2D eigenvalue weighted by Gasteiger charge is -2.19. The standard InChI is InChI=1S/C49H88NO8P/c1-3-5-7-9-11-13-15-17-19-20-21-22-23-24-25-26-28-29-31-33-35-37-39-41-48(51)55-45-47(46-57-59(53,54)56-44-43-50)58-49(52)42-40-38-36-34-32-30-27-18-16-14-12-10-8-6-4-2/h6,8,12,14,18,27,32-35,47H,3-5,7,9-11,13,15-17,19-26,28-31,36-46,50H2,1-2H3,(H,53,54)/b8-6+,14-12+,27-18+,34-32+,35-33+/t47-/m0/s1. The number of carbonyl (C=O) groups excluding carboxylic acids is 2. The Kier molecular flexibility index (Phi) is 43.5. The van der Waals surface area contributed by atoms with Gasteiger partial charge >= 0.3 is 19.8 Å². The molecule has 0 aliphatic rings. The van der Waals surface area contributed by atoms with E-state index in [9.17, 15) is 19.0 Å². The normalized spacial score (nSPS) is 13.8. The molecule has 0 rings (SSSR count). The second-order valence-electron chi connectivity index (χ2n) is 15.6. The third kappa shape index (κ3) is 45.1. The Balaban J connectivity index is 4.12. The summed E-state index contributed by atoms with van der Waals surface area (Å²) in [7, 11) is -4.40. The number of carbonyl (C=O) groups is 2. The molecule has 9 nitrogen and oxygen atoms in total. The molecule has 0 heterocycles. The van der Waals surface area contributed by atoms with Crippen LogP contribution in [0.1, 0.15) is 206 Å². The molecule has 0 aromatic rings. The quantitative estimate of drug-likeness (QED) is 0.0266. The van der Waals surface area contributed by atoms with E-state index in [1.54, 1.807) is 0 Å². The maximum Gasteiger partial charge on any atom is 0.472 e. The van der Waals surface area contributed by atoms with Crippen LogP contribution in [0.15, 0.2) is 60.8 Å². The highest BCUT2D eigenvalue weighted by atomic mass is 31.2. The third-order valence-electron chi connectivity index (χ3n) is 9.89. The molecular formula is C49H88NO8P. The molecule has 0 aliphatic heterocycles. The van der Waals surface area contributed by atoms with E-state index in [0.29, 0.717) is 12.8 Å². The predicted molar refractivity (Wildman–Crippen MR) is 247 cm³/mol. The second kappa shape index (κ2) is 45.2. The van der Waals surface area contributed by atoms with Gasteiger partial charge in [-0.25, -0.2) is 4.57 Å². The summed E-state index contributed by atoms with van der Waals surface area (Å²) in [6.07, 6.45) is 54.2. The van der Waals surface area contributed by atoms with Gasteiger partial charge in [0, 0.05) is 19.4 Å². The second-order valence-corrected chi connectivity index (χ2v) is 17.0. The summed E-state index contributed by atoms with van der Waals surface area (Å²) in [4.78, 5) is 34.9. The fraction of sp³-hybridized carbons (Fsp3) is 0.755. The Morgan fingerprint density at radius 2 is 0.949 bits per heavy atom. The number of esters is 2. The summed E-state index contributed by atoms with van der Waals surface area (Å²) >= 11 is 0. The molecule has 0 radical (unpaired) electrons. The fourth-order valence-corrected chi connectivity index (χ4v) is 7.16. The SMILES string of the molecule is CC/C=C/C/C=C/C/C=C/C/C=C/CCCCC(=O)O[C@@H](COC(=O)CCC/C=C/CCCCCCCCCCCCCCCCCCCC)COP(=O)(O)OCCN. The van der Waals surface area contributed by atoms with Gasteiger partial charge in [-0.2, -0.15) is 0 Å². The van der Waals surface area contributed by atoms with Gasteiger partial charge in [0.25, 0.3) is 0 Å². The summed E-state index contributed by atoms with van der Waals surface area (Å²) in [5, 5.41) is 0. The first-order valence-electron chi connectivity index (χ1n) is 23.8. The van der Waals surface area contributed by atoms with E-state index in [-0.39, 0.29) is 32.6 Å². The molecule has 2 atom stereocenters. The fourth-order valence-electron chi connectivity index (χ4n) is 6.39. The van der Waals surface area contributed by atoms with Crippen LogP contribution >= 0.6 is 7.82 Å². The van der Waals surface area contributed by atoms with Gasteiger partial charge in [0.05, 0.1) is 13.2 Å². The van der Waals surface area contributed by atoms with Crippen LogP contribution in [0.2, 0.25) is 0 Å². The molecule has 1 unspecified atom stereocenters. The van der Waals surface area contributed by atoms with Crippen molar-refractivity contribution in [3.05, 3.63) is 60.8 Å². The van der Waals surface area contributed by atoms with E-state index in [1.165, 1.54) is 116 Å². The van der Waals surface area contributed by atoms with Crippen LogP contribution in [0.3, 0.4) is 0 Å². The Bertz CT molecular complexity index is 1150. The Morgan fingerprint density at radius 1 is 0.525 bits per heavy atom. The molecule has 0 aliphatic carbocycles. The first kappa shape index (κ1) is 56.7. The summed E-state index contributed by atoms with van der Waals surface area (Å²) in [5.74, 6) is -0.914. The number of ether oxygens (including phenoxy) is 2. The van der Waals surface area contributed by atoms with Crippen LogP contribution in [-0.2, 0) is 32.7 Å². The Labute approximate surface area is 361 Å². The lowest BCUT2D eigenvalue weighted by Crippen LogP contribution is -2.29. The summed E-state index contributed by atoms with van der Waals surface area (Å²) in [6, 6.07) is 0. The number of hydrogen-bond donors (Lipinski definition) is 2. The van der Waals surface area contributed by atoms with Gasteiger partial charge in [-0.05, 0) is 70.6 Å². The maximum atomic E-state index is 12.6. The minimum atomic E-state index is -4.40. The number of phosphoric acid groups is 1. The molecule has 0 amide bonds. The van der Waals surface area contributed by atoms with Gasteiger partial charge in [-0.3, -0.25) is 18.6 Å². The molecule has 342 valence electrons. The highest BCUT2D eigenvalue weighted by Gasteiger charge is 2.26. The predicted octanol–water partition coefficient (Wildman–Crippen LogP) is 14.1. The van der Waals surface area contributed by atoms with Crippen molar-refractivity contribution >= 4 is 19.8 Å². The van der Waals surface area contributed by atoms with Crippen LogP contribution in [0.5, 0.6) is 0 Å². The highest BCUT2D eigenvalue weighted by Crippen LogP contribution is 2.43. The number of unbranched alkanes of at least 4 members (excludes halogenated alkanes) is 21. The van der Waals surface area contributed by atoms with Crippen LogP contribution in [-0.4, -0.2) is 49.3 Å². The topological polar surface area (TPSA) is 134 Å². The molecule has 59 heavy (non-hydrogen) atoms. The largest absolute Gasteiger partial charge is 0.472 e. The molecule has 0 aromatic heterocycles. The average Bonchev–Trinajstić information content (AvgIpc) is 3.22. The zero-order valence-electron chi connectivity index (χ0n) is 37.7. The van der Waals surface area contributed by atoms with Crippen molar-refractivity contribution in [1.29, 1.82) is 0 Å². The number of hydrogen-bond acceptors (Lipinski definition) is 8. The van der Waals surface area contributed by atoms with Gasteiger partial charge in [0.15, 0.2) is 6.10 Å². The van der Waals surface area contributed by atoms with Crippen molar-refractivity contribution in [3.63, 3.8) is 0 Å². The van der Waals surface area contributed by atoms with Gasteiger partial charge in [-0.1, -0.05) is 184 Å². The monoisotopic (exact) mass is 850 g/mol. The highest BCUT2D eigenvalue weighted by molar-refractivity contribution is 7.47. The molecule has 0 aromatic carbocycles. The summed E-state index contributed by atoms with van der Waals surface area (Å²) in [5.41, 5.74) is 5.35. The lowest BCUT2D eigenvalue weighted by atomic mass is 10.0. The van der Waals surface area contributed by atoms with Crippen LogP contribution in [0.25, 0.3) is 0 Å². The van der Waals surface area contributed by atoms with Crippen molar-refractivity contribution in [2.75, 3.05) is 26.4 Å². The number of phosphoric ester groups is 1. The number of nitrogens with two attached hydrogens (primary N) is 1. The van der Waals surface area contributed by atoms with E-state index < -0.39 is 32.5 Å². The number of rotatable bonds is 44. The minimum absolute atomic E-state index is 0.0413. The molecule has 0 saturated carbocycles. The van der Waals surface area contributed by atoms with Crippen LogP contribution in [0, 0.1) is 0 Å². The molecular weight excluding hydrogens is 762 g/mol. The Hall–Kier alpha value is -2.29. The van der Waals surface area contributed by atoms with Gasteiger partial charge in [-0.15, -0.1) is 0 Å². The summed E-state index contributed by atoms with van der Waals surface area (Å²) in [6.45, 7) is 3.55. The molecule has 0 bridgehead atoms. The first-order valence-corrected chi connectivity index (χ1v) is 25.3. The lowest BCUT2D eigenvalue weighted by molar-refractivity contribution is -0.161. The van der Waals surface area contributed by atoms with Crippen molar-refractivity contribution < 1.29 is 37.6 Å². The number of allylic oxidation sites excluding steroid dienone is 10. The molecule has 0 saturated heterocycles. The van der Waals surface area contributed by atoms with E-state index in [0.717, 1.165) is 51.4 Å². The van der Waals surface area contributed by atoms with Crippen molar-refractivity contribution in [1.82, 2.24) is 0 Å². The maximum absolute atomic E-state index is 12.6. The van der Waals surface area contributed by atoms with E-state index >= 15 is 0 Å². The molecule has 0 spiro atoms. The molecule has 10 heteroatoms. The average molecular weight is 850 g/mol. The van der Waals surface area contributed by atoms with Crippen LogP contribution in [0.4, 0.5) is 0 Å². The van der Waals surface area contributed by atoms with E-state index in [1.807, 2.05) is 0 Å². The zero-order valence-corrected chi connectivity index (χ0v) is 38.6. The van der Waals surface area contributed by atoms with Crippen molar-refractivity contribution in [2.45, 2.75) is 213 Å². The smallest absolute Gasteiger partial charge is 0.462 e. The van der Waals surface area contributed by atoms with Gasteiger partial charge in [0.1, 0.15) is 6.61 Å². The van der Waals surface area contributed by atoms with E-state index in [4.69, 9.17) is 24.3 Å². The van der Waals surface area contributed by atoms with Crippen LogP contribution < -0.4 is 5.73 Å². The minimum Gasteiger partial charge on any atom is -0.462 e. The third-order valence-corrected chi connectivity index (χ3v) is 10.9. The van der Waals surface area contributed by atoms with Crippen molar-refractivity contribution in [2.24, 2.45) is 5.73 Å². The molecule has 3 N–H and O–H groups in total. The first-order chi connectivity index (χ1) is 28.8. The molecule has 0 fully saturated rings. The van der Waals surface area contributed by atoms with E-state index in [2.05, 4.69) is 74.6 Å². The summed E-state index contributed by atoms with van der Waals surface area (Å²) < 4.78 is 32.7. The Morgan fingerprint density at radius 3 is 1.46 bits per heavy atom. The van der Waals surface area contributed by atoms with Gasteiger partial charge < -0.3 is 20.1 Å². The van der Waals surface area contributed by atoms with Gasteiger partial charge in [0.2, 0.25) is 0 Å².